The minimum absolute atomic E-state index is 0.0591. The minimum Gasteiger partial charge on any atom is -0.463 e. The fourth-order valence-corrected chi connectivity index (χ4v) is 1.53. The predicted octanol–water partition coefficient (Wildman–Crippen LogP) is 2.85. The molecule has 1 aromatic heterocycles. The number of ether oxygens (including phenoxy) is 1. The molecule has 1 aromatic rings. The Morgan fingerprint density at radius 3 is 2.38 bits per heavy atom. The fraction of sp³-hybridized carbons (Fsp3) is 0.750. The molecule has 1 unspecified atom stereocenters. The SMILES string of the molecule is CCCOc1nc(NCC)nc(NC(C)CC(F)(F)F)n1. The zero-order valence-corrected chi connectivity index (χ0v) is 12.3. The summed E-state index contributed by atoms with van der Waals surface area (Å²) in [7, 11) is 0. The Balaban J connectivity index is 2.81. The van der Waals surface area contributed by atoms with Crippen LogP contribution in [0.1, 0.15) is 33.6 Å². The van der Waals surface area contributed by atoms with Gasteiger partial charge < -0.3 is 15.4 Å². The van der Waals surface area contributed by atoms with E-state index in [-0.39, 0.29) is 17.9 Å². The lowest BCUT2D eigenvalue weighted by molar-refractivity contribution is -0.136. The Labute approximate surface area is 121 Å². The first kappa shape index (κ1) is 17.3. The van der Waals surface area contributed by atoms with E-state index in [0.29, 0.717) is 13.2 Å². The number of hydrogen-bond acceptors (Lipinski definition) is 6. The average Bonchev–Trinajstić information content (AvgIpc) is 2.34. The summed E-state index contributed by atoms with van der Waals surface area (Å²) in [5, 5.41) is 5.49. The summed E-state index contributed by atoms with van der Waals surface area (Å²) >= 11 is 0. The predicted molar refractivity (Wildman–Crippen MR) is 73.5 cm³/mol. The molecule has 0 aliphatic rings. The van der Waals surface area contributed by atoms with Crippen molar-refractivity contribution in [3.8, 4) is 6.01 Å². The first-order valence-electron chi connectivity index (χ1n) is 6.80. The van der Waals surface area contributed by atoms with Crippen LogP contribution in [0.2, 0.25) is 0 Å². The second kappa shape index (κ2) is 7.84. The zero-order chi connectivity index (χ0) is 15.9. The van der Waals surface area contributed by atoms with E-state index in [1.54, 1.807) is 0 Å². The molecule has 0 radical (unpaired) electrons. The van der Waals surface area contributed by atoms with E-state index in [9.17, 15) is 13.2 Å². The van der Waals surface area contributed by atoms with E-state index in [2.05, 4.69) is 25.6 Å². The van der Waals surface area contributed by atoms with Gasteiger partial charge in [0.25, 0.3) is 0 Å². The third-order valence-electron chi connectivity index (χ3n) is 2.30. The van der Waals surface area contributed by atoms with Gasteiger partial charge in [-0.25, -0.2) is 0 Å². The van der Waals surface area contributed by atoms with E-state index in [1.165, 1.54) is 6.92 Å². The Kier molecular flexibility index (Phi) is 6.44. The van der Waals surface area contributed by atoms with Crippen LogP contribution in [0.25, 0.3) is 0 Å². The molecule has 1 rings (SSSR count). The number of nitrogens with zero attached hydrogens (tertiary/aromatic N) is 3. The quantitative estimate of drug-likeness (QED) is 0.769. The number of aromatic nitrogens is 3. The highest BCUT2D eigenvalue weighted by Crippen LogP contribution is 2.23. The van der Waals surface area contributed by atoms with Gasteiger partial charge in [0, 0.05) is 12.6 Å². The summed E-state index contributed by atoms with van der Waals surface area (Å²) in [5.74, 6) is 0.323. The van der Waals surface area contributed by atoms with Gasteiger partial charge in [0.15, 0.2) is 0 Å². The molecule has 1 heterocycles. The minimum atomic E-state index is -4.24. The number of rotatable bonds is 8. The summed E-state index contributed by atoms with van der Waals surface area (Å²) in [6, 6.07) is -0.759. The zero-order valence-electron chi connectivity index (χ0n) is 12.3. The molecule has 0 spiro atoms. The molecule has 0 aliphatic heterocycles. The van der Waals surface area contributed by atoms with Crippen molar-refractivity contribution in [2.24, 2.45) is 0 Å². The van der Waals surface area contributed by atoms with E-state index < -0.39 is 18.6 Å². The second-order valence-electron chi connectivity index (χ2n) is 4.51. The number of anilines is 2. The molecule has 0 bridgehead atoms. The lowest BCUT2D eigenvalue weighted by Gasteiger charge is -2.16. The lowest BCUT2D eigenvalue weighted by atomic mass is 10.2. The van der Waals surface area contributed by atoms with Gasteiger partial charge in [-0.1, -0.05) is 6.92 Å². The highest BCUT2D eigenvalue weighted by atomic mass is 19.4. The van der Waals surface area contributed by atoms with Crippen molar-refractivity contribution in [3.05, 3.63) is 0 Å². The Bertz CT molecular complexity index is 441. The molecule has 0 fully saturated rings. The van der Waals surface area contributed by atoms with Gasteiger partial charge >= 0.3 is 12.2 Å². The van der Waals surface area contributed by atoms with Crippen LogP contribution in [-0.4, -0.2) is 40.3 Å². The van der Waals surface area contributed by atoms with Gasteiger partial charge in [0.05, 0.1) is 13.0 Å². The maximum Gasteiger partial charge on any atom is 0.391 e. The Hall–Kier alpha value is -1.80. The third kappa shape index (κ3) is 6.96. The first-order chi connectivity index (χ1) is 9.84. The normalized spacial score (nSPS) is 12.9. The number of alkyl halides is 3. The molecular formula is C12H20F3N5O. The smallest absolute Gasteiger partial charge is 0.391 e. The molecule has 0 saturated heterocycles. The molecule has 0 aliphatic carbocycles. The molecule has 6 nitrogen and oxygen atoms in total. The van der Waals surface area contributed by atoms with Crippen LogP contribution in [0.3, 0.4) is 0 Å². The van der Waals surface area contributed by atoms with Crippen LogP contribution in [0.5, 0.6) is 6.01 Å². The maximum atomic E-state index is 12.3. The van der Waals surface area contributed by atoms with Gasteiger partial charge in [-0.15, -0.1) is 0 Å². The third-order valence-corrected chi connectivity index (χ3v) is 2.30. The van der Waals surface area contributed by atoms with E-state index in [1.807, 2.05) is 13.8 Å². The number of halogens is 3. The second-order valence-corrected chi connectivity index (χ2v) is 4.51. The standard InChI is InChI=1S/C12H20F3N5O/c1-4-6-21-11-19-9(16-5-2)18-10(20-11)17-8(3)7-12(13,14)15/h8H,4-7H2,1-3H3,(H2,16,17,18,19,20). The highest BCUT2D eigenvalue weighted by Gasteiger charge is 2.30. The molecular weight excluding hydrogens is 287 g/mol. The summed E-state index contributed by atoms with van der Waals surface area (Å²) < 4.78 is 42.3. The average molecular weight is 307 g/mol. The van der Waals surface area contributed by atoms with Crippen molar-refractivity contribution >= 4 is 11.9 Å². The van der Waals surface area contributed by atoms with Crippen LogP contribution >= 0.6 is 0 Å². The summed E-state index contributed by atoms with van der Waals surface area (Å²) in [5.41, 5.74) is 0. The van der Waals surface area contributed by atoms with Crippen LogP contribution in [0, 0.1) is 0 Å². The number of hydrogen-bond donors (Lipinski definition) is 2. The molecule has 120 valence electrons. The highest BCUT2D eigenvalue weighted by molar-refractivity contribution is 5.36. The van der Waals surface area contributed by atoms with Gasteiger partial charge in [-0.3, -0.25) is 0 Å². The van der Waals surface area contributed by atoms with E-state index in [4.69, 9.17) is 4.74 Å². The lowest BCUT2D eigenvalue weighted by Crippen LogP contribution is -2.25. The first-order valence-corrected chi connectivity index (χ1v) is 6.80. The van der Waals surface area contributed by atoms with Gasteiger partial charge in [-0.05, 0) is 20.3 Å². The molecule has 0 aromatic carbocycles. The molecule has 1 atom stereocenters. The molecule has 9 heteroatoms. The molecule has 0 saturated carbocycles. The van der Waals surface area contributed by atoms with Crippen LogP contribution < -0.4 is 15.4 Å². The van der Waals surface area contributed by atoms with Crippen molar-refractivity contribution in [2.45, 2.75) is 45.8 Å². The molecule has 21 heavy (non-hydrogen) atoms. The summed E-state index contributed by atoms with van der Waals surface area (Å²) in [6.45, 7) is 6.20. The number of nitrogens with one attached hydrogen (secondary N) is 2. The van der Waals surface area contributed by atoms with Crippen LogP contribution in [-0.2, 0) is 0 Å². The van der Waals surface area contributed by atoms with Crippen molar-refractivity contribution < 1.29 is 17.9 Å². The van der Waals surface area contributed by atoms with Crippen molar-refractivity contribution in [1.29, 1.82) is 0 Å². The van der Waals surface area contributed by atoms with Crippen molar-refractivity contribution in [3.63, 3.8) is 0 Å². The summed E-state index contributed by atoms with van der Waals surface area (Å²) in [4.78, 5) is 12.0. The van der Waals surface area contributed by atoms with Crippen molar-refractivity contribution in [1.82, 2.24) is 15.0 Å². The van der Waals surface area contributed by atoms with Gasteiger partial charge in [-0.2, -0.15) is 28.1 Å². The topological polar surface area (TPSA) is 72.0 Å². The molecule has 0 amide bonds. The van der Waals surface area contributed by atoms with Crippen LogP contribution in [0.15, 0.2) is 0 Å². The maximum absolute atomic E-state index is 12.3. The fourth-order valence-electron chi connectivity index (χ4n) is 1.53. The molecule has 2 N–H and O–H groups in total. The Morgan fingerprint density at radius 1 is 1.14 bits per heavy atom. The summed E-state index contributed by atoms with van der Waals surface area (Å²) in [6.07, 6.45) is -4.44. The van der Waals surface area contributed by atoms with E-state index >= 15 is 0 Å². The monoisotopic (exact) mass is 307 g/mol. The Morgan fingerprint density at radius 2 is 1.81 bits per heavy atom. The van der Waals surface area contributed by atoms with Gasteiger partial charge in [0.1, 0.15) is 0 Å². The van der Waals surface area contributed by atoms with E-state index in [0.717, 1.165) is 6.42 Å². The van der Waals surface area contributed by atoms with Gasteiger partial charge in [0.2, 0.25) is 11.9 Å². The van der Waals surface area contributed by atoms with Crippen LogP contribution in [0.4, 0.5) is 25.1 Å². The van der Waals surface area contributed by atoms with Crippen molar-refractivity contribution in [2.75, 3.05) is 23.8 Å². The largest absolute Gasteiger partial charge is 0.463 e.